The third kappa shape index (κ3) is 4.12. The van der Waals surface area contributed by atoms with E-state index in [1.54, 1.807) is 0 Å². The lowest BCUT2D eigenvalue weighted by Gasteiger charge is -2.29. The molecule has 0 atom stereocenters. The van der Waals surface area contributed by atoms with Gasteiger partial charge in [0.25, 0.3) is 5.56 Å². The minimum absolute atomic E-state index is 0.0890. The molecule has 4 heteroatoms. The van der Waals surface area contributed by atoms with Crippen LogP contribution in [0.5, 0.6) is 0 Å². The van der Waals surface area contributed by atoms with E-state index in [0.717, 1.165) is 48.6 Å². The Kier molecular flexibility index (Phi) is 5.57. The molecule has 4 nitrogen and oxygen atoms in total. The lowest BCUT2D eigenvalue weighted by atomic mass is 9.88. The fourth-order valence-corrected chi connectivity index (χ4v) is 3.84. The van der Waals surface area contributed by atoms with Gasteiger partial charge in [0.05, 0.1) is 6.54 Å². The average molecular weight is 340 g/mol. The van der Waals surface area contributed by atoms with Crippen LogP contribution in [0.15, 0.2) is 29.1 Å². The van der Waals surface area contributed by atoms with Gasteiger partial charge in [-0.05, 0) is 49.8 Å². The number of nitrogens with one attached hydrogen (secondary N) is 1. The third-order valence-electron chi connectivity index (χ3n) is 5.20. The van der Waals surface area contributed by atoms with Crippen LogP contribution in [0.1, 0.15) is 56.6 Å². The van der Waals surface area contributed by atoms with Gasteiger partial charge in [0.1, 0.15) is 0 Å². The summed E-state index contributed by atoms with van der Waals surface area (Å²) >= 11 is 0. The van der Waals surface area contributed by atoms with Gasteiger partial charge >= 0.3 is 0 Å². The summed E-state index contributed by atoms with van der Waals surface area (Å²) in [5.74, 6) is 0.368. The van der Waals surface area contributed by atoms with E-state index in [1.807, 2.05) is 30.0 Å². The highest BCUT2D eigenvalue weighted by Crippen LogP contribution is 2.26. The van der Waals surface area contributed by atoms with E-state index in [2.05, 4.69) is 18.0 Å². The molecule has 1 N–H and O–H groups in total. The first kappa shape index (κ1) is 17.7. The molecule has 1 amide bonds. The van der Waals surface area contributed by atoms with E-state index in [4.69, 9.17) is 0 Å². The van der Waals surface area contributed by atoms with Crippen LogP contribution in [0.25, 0.3) is 10.9 Å². The van der Waals surface area contributed by atoms with E-state index in [0.29, 0.717) is 18.7 Å². The van der Waals surface area contributed by atoms with Crippen LogP contribution >= 0.6 is 0 Å². The summed E-state index contributed by atoms with van der Waals surface area (Å²) in [5.41, 5.74) is 2.60. The fraction of sp³-hybridized carbons (Fsp3) is 0.524. The number of pyridine rings is 1. The maximum absolute atomic E-state index is 12.9. The summed E-state index contributed by atoms with van der Waals surface area (Å²) in [7, 11) is 0. The Bertz CT molecular complexity index is 803. The van der Waals surface area contributed by atoms with E-state index >= 15 is 0 Å². The number of carbonyl (C=O) groups is 1. The van der Waals surface area contributed by atoms with Crippen molar-refractivity contribution in [2.45, 2.75) is 58.9 Å². The SMILES string of the molecule is CCCN(Cc1cc2cc(C)ccc2[nH]c1=O)C(=O)C1CCCCC1. The number of carbonyl (C=O) groups excluding carboxylic acids is 1. The first-order valence-corrected chi connectivity index (χ1v) is 9.50. The van der Waals surface area contributed by atoms with Gasteiger partial charge in [-0.25, -0.2) is 0 Å². The van der Waals surface area contributed by atoms with Crippen molar-refractivity contribution in [3.8, 4) is 0 Å². The number of hydrogen-bond acceptors (Lipinski definition) is 2. The van der Waals surface area contributed by atoms with Crippen molar-refractivity contribution in [1.82, 2.24) is 9.88 Å². The second-order valence-corrected chi connectivity index (χ2v) is 7.31. The highest BCUT2D eigenvalue weighted by atomic mass is 16.2. The van der Waals surface area contributed by atoms with E-state index < -0.39 is 0 Å². The van der Waals surface area contributed by atoms with Crippen molar-refractivity contribution in [2.75, 3.05) is 6.54 Å². The molecule has 1 aromatic heterocycles. The molecule has 0 aliphatic heterocycles. The van der Waals surface area contributed by atoms with Crippen LogP contribution in [0.3, 0.4) is 0 Å². The maximum atomic E-state index is 12.9. The predicted octanol–water partition coefficient (Wildman–Crippen LogP) is 4.16. The molecule has 0 spiro atoms. The molecule has 1 aromatic carbocycles. The Hall–Kier alpha value is -2.10. The summed E-state index contributed by atoms with van der Waals surface area (Å²) in [6, 6.07) is 7.95. The lowest BCUT2D eigenvalue weighted by Crippen LogP contribution is -2.38. The van der Waals surface area contributed by atoms with Crippen LogP contribution in [0.2, 0.25) is 0 Å². The summed E-state index contributed by atoms with van der Waals surface area (Å²) in [4.78, 5) is 30.2. The van der Waals surface area contributed by atoms with E-state index in [1.165, 1.54) is 6.42 Å². The second-order valence-electron chi connectivity index (χ2n) is 7.31. The molecule has 1 aliphatic carbocycles. The van der Waals surface area contributed by atoms with Gasteiger partial charge in [-0.15, -0.1) is 0 Å². The summed E-state index contributed by atoms with van der Waals surface area (Å²) in [6.07, 6.45) is 6.42. The van der Waals surface area contributed by atoms with Crippen molar-refractivity contribution in [3.05, 3.63) is 45.7 Å². The molecule has 0 bridgehead atoms. The normalized spacial score (nSPS) is 15.4. The topological polar surface area (TPSA) is 53.2 Å². The van der Waals surface area contributed by atoms with Crippen molar-refractivity contribution in [2.24, 2.45) is 5.92 Å². The summed E-state index contributed by atoms with van der Waals surface area (Å²) in [6.45, 7) is 5.23. The third-order valence-corrected chi connectivity index (χ3v) is 5.20. The number of nitrogens with zero attached hydrogens (tertiary/aromatic N) is 1. The number of aryl methyl sites for hydroxylation is 1. The number of benzene rings is 1. The van der Waals surface area contributed by atoms with Crippen LogP contribution in [-0.2, 0) is 11.3 Å². The van der Waals surface area contributed by atoms with Gasteiger partial charge in [0.15, 0.2) is 0 Å². The minimum atomic E-state index is -0.0890. The lowest BCUT2D eigenvalue weighted by molar-refractivity contribution is -0.137. The van der Waals surface area contributed by atoms with Crippen LogP contribution < -0.4 is 5.56 Å². The van der Waals surface area contributed by atoms with Crippen molar-refractivity contribution in [1.29, 1.82) is 0 Å². The zero-order valence-electron chi connectivity index (χ0n) is 15.3. The summed E-state index contributed by atoms with van der Waals surface area (Å²) in [5, 5.41) is 1.02. The van der Waals surface area contributed by atoms with Crippen molar-refractivity contribution >= 4 is 16.8 Å². The van der Waals surface area contributed by atoms with Crippen molar-refractivity contribution < 1.29 is 4.79 Å². The monoisotopic (exact) mass is 340 g/mol. The predicted molar refractivity (Wildman–Crippen MR) is 102 cm³/mol. The molecule has 0 saturated heterocycles. The largest absolute Gasteiger partial charge is 0.338 e. The molecule has 1 saturated carbocycles. The number of fused-ring (bicyclic) bond motifs is 1. The Morgan fingerprint density at radius 2 is 1.96 bits per heavy atom. The first-order valence-electron chi connectivity index (χ1n) is 9.50. The molecule has 1 fully saturated rings. The van der Waals surface area contributed by atoms with Crippen LogP contribution in [-0.4, -0.2) is 22.3 Å². The molecule has 3 rings (SSSR count). The number of aromatic nitrogens is 1. The van der Waals surface area contributed by atoms with Gasteiger partial charge in [-0.2, -0.15) is 0 Å². The Balaban J connectivity index is 1.86. The Morgan fingerprint density at radius 3 is 2.68 bits per heavy atom. The molecule has 0 radical (unpaired) electrons. The molecule has 1 aliphatic rings. The smallest absolute Gasteiger partial charge is 0.253 e. The zero-order valence-corrected chi connectivity index (χ0v) is 15.3. The molecule has 134 valence electrons. The first-order chi connectivity index (χ1) is 12.1. The zero-order chi connectivity index (χ0) is 17.8. The maximum Gasteiger partial charge on any atom is 0.253 e. The molecule has 2 aromatic rings. The second kappa shape index (κ2) is 7.85. The highest BCUT2D eigenvalue weighted by Gasteiger charge is 2.26. The molecular formula is C21H28N2O2. The molecule has 0 unspecified atom stereocenters. The van der Waals surface area contributed by atoms with Gasteiger partial charge in [-0.3, -0.25) is 9.59 Å². The standard InChI is InChI=1S/C21H28N2O2/c1-3-11-23(21(25)16-7-5-4-6-8-16)14-18-13-17-12-15(2)9-10-19(17)22-20(18)24/h9-10,12-13,16H,3-8,11,14H2,1-2H3,(H,22,24). The number of aromatic amines is 1. The molecule has 1 heterocycles. The number of amides is 1. The van der Waals surface area contributed by atoms with Gasteiger partial charge < -0.3 is 9.88 Å². The molecule has 25 heavy (non-hydrogen) atoms. The van der Waals surface area contributed by atoms with Crippen LogP contribution in [0, 0.1) is 12.8 Å². The quantitative estimate of drug-likeness (QED) is 0.889. The fourth-order valence-electron chi connectivity index (χ4n) is 3.84. The van der Waals surface area contributed by atoms with E-state index in [-0.39, 0.29) is 17.4 Å². The average Bonchev–Trinajstić information content (AvgIpc) is 2.62. The van der Waals surface area contributed by atoms with Crippen LogP contribution in [0.4, 0.5) is 0 Å². The number of hydrogen-bond donors (Lipinski definition) is 1. The van der Waals surface area contributed by atoms with Gasteiger partial charge in [0.2, 0.25) is 5.91 Å². The number of H-pyrrole nitrogens is 1. The minimum Gasteiger partial charge on any atom is -0.338 e. The Morgan fingerprint density at radius 1 is 1.20 bits per heavy atom. The summed E-state index contributed by atoms with van der Waals surface area (Å²) < 4.78 is 0. The van der Waals surface area contributed by atoms with E-state index in [9.17, 15) is 9.59 Å². The molecular weight excluding hydrogens is 312 g/mol. The van der Waals surface area contributed by atoms with Crippen molar-refractivity contribution in [3.63, 3.8) is 0 Å². The number of rotatable bonds is 5. The van der Waals surface area contributed by atoms with Gasteiger partial charge in [0, 0.05) is 23.5 Å². The Labute approximate surface area is 149 Å². The van der Waals surface area contributed by atoms with Gasteiger partial charge in [-0.1, -0.05) is 37.8 Å². The highest BCUT2D eigenvalue weighted by molar-refractivity contribution is 5.81.